The van der Waals surface area contributed by atoms with Gasteiger partial charge in [0.05, 0.1) is 6.10 Å². The Morgan fingerprint density at radius 1 is 1.12 bits per heavy atom. The molecule has 1 atom stereocenters. The number of hydrogen-bond donors (Lipinski definition) is 1. The van der Waals surface area contributed by atoms with Gasteiger partial charge in [0.25, 0.3) is 0 Å². The van der Waals surface area contributed by atoms with E-state index >= 15 is 0 Å². The maximum Gasteiger partial charge on any atom is 0.123 e. The van der Waals surface area contributed by atoms with Gasteiger partial charge in [0.15, 0.2) is 0 Å². The van der Waals surface area contributed by atoms with Crippen LogP contribution in [0.1, 0.15) is 17.2 Å². The topological polar surface area (TPSA) is 20.2 Å². The van der Waals surface area contributed by atoms with Gasteiger partial charge in [0, 0.05) is 10.9 Å². The first-order chi connectivity index (χ1) is 8.16. The summed E-state index contributed by atoms with van der Waals surface area (Å²) in [5, 5.41) is 10.0. The molecule has 0 fully saturated rings. The molecule has 3 heteroatoms. The first kappa shape index (κ1) is 12.3. The zero-order valence-electron chi connectivity index (χ0n) is 9.11. The molecule has 0 saturated carbocycles. The van der Waals surface area contributed by atoms with E-state index in [1.54, 1.807) is 6.07 Å². The fourth-order valence-electron chi connectivity index (χ4n) is 1.70. The number of aliphatic hydroxyl groups excluding tert-OH is 1. The monoisotopic (exact) mass is 294 g/mol. The largest absolute Gasteiger partial charge is 0.388 e. The molecule has 0 amide bonds. The first-order valence-electron chi connectivity index (χ1n) is 5.34. The van der Waals surface area contributed by atoms with Gasteiger partial charge in [0.1, 0.15) is 5.82 Å². The van der Waals surface area contributed by atoms with Crippen molar-refractivity contribution in [2.24, 2.45) is 0 Å². The van der Waals surface area contributed by atoms with Crippen LogP contribution in [-0.4, -0.2) is 5.11 Å². The molecule has 1 nitrogen and oxygen atoms in total. The van der Waals surface area contributed by atoms with Crippen LogP contribution in [0.5, 0.6) is 0 Å². The van der Waals surface area contributed by atoms with Crippen molar-refractivity contribution in [3.05, 3.63) is 69.9 Å². The van der Waals surface area contributed by atoms with Crippen LogP contribution in [0.25, 0.3) is 0 Å². The predicted molar refractivity (Wildman–Crippen MR) is 69.2 cm³/mol. The quantitative estimate of drug-likeness (QED) is 0.911. The van der Waals surface area contributed by atoms with Crippen molar-refractivity contribution in [1.29, 1.82) is 0 Å². The molecular formula is C14H12BrFO. The van der Waals surface area contributed by atoms with Gasteiger partial charge in [-0.05, 0) is 29.3 Å². The van der Waals surface area contributed by atoms with E-state index in [4.69, 9.17) is 0 Å². The SMILES string of the molecule is OC(Cc1cc(F)ccc1Br)c1ccccc1. The third kappa shape index (κ3) is 3.14. The lowest BCUT2D eigenvalue weighted by molar-refractivity contribution is 0.178. The molecule has 1 N–H and O–H groups in total. The minimum absolute atomic E-state index is 0.288. The van der Waals surface area contributed by atoms with Crippen LogP contribution in [-0.2, 0) is 6.42 Å². The van der Waals surface area contributed by atoms with E-state index in [0.29, 0.717) is 6.42 Å². The normalized spacial score (nSPS) is 12.4. The number of halogens is 2. The molecule has 0 aliphatic heterocycles. The lowest BCUT2D eigenvalue weighted by atomic mass is 10.0. The van der Waals surface area contributed by atoms with Gasteiger partial charge < -0.3 is 5.11 Å². The highest BCUT2D eigenvalue weighted by Gasteiger charge is 2.10. The molecule has 0 radical (unpaired) electrons. The molecule has 0 aromatic heterocycles. The van der Waals surface area contributed by atoms with Crippen molar-refractivity contribution in [3.8, 4) is 0 Å². The molecule has 2 aromatic carbocycles. The fraction of sp³-hybridized carbons (Fsp3) is 0.143. The highest BCUT2D eigenvalue weighted by molar-refractivity contribution is 9.10. The zero-order valence-corrected chi connectivity index (χ0v) is 10.7. The summed E-state index contributed by atoms with van der Waals surface area (Å²) in [6, 6.07) is 13.9. The lowest BCUT2D eigenvalue weighted by Gasteiger charge is -2.12. The summed E-state index contributed by atoms with van der Waals surface area (Å²) >= 11 is 3.35. The fourth-order valence-corrected chi connectivity index (χ4v) is 2.11. The van der Waals surface area contributed by atoms with Crippen LogP contribution >= 0.6 is 15.9 Å². The maximum atomic E-state index is 13.1. The summed E-state index contributed by atoms with van der Waals surface area (Å²) in [6.07, 6.45) is -0.225. The van der Waals surface area contributed by atoms with Gasteiger partial charge in [-0.25, -0.2) is 4.39 Å². The molecule has 17 heavy (non-hydrogen) atoms. The Balaban J connectivity index is 2.18. The molecule has 2 rings (SSSR count). The molecule has 0 saturated heterocycles. The molecule has 0 aliphatic rings. The van der Waals surface area contributed by atoms with Crippen LogP contribution < -0.4 is 0 Å². The molecule has 2 aromatic rings. The Morgan fingerprint density at radius 2 is 1.82 bits per heavy atom. The summed E-state index contributed by atoms with van der Waals surface area (Å²) < 4.78 is 13.9. The molecule has 0 bridgehead atoms. The molecule has 0 aliphatic carbocycles. The van der Waals surface area contributed by atoms with Gasteiger partial charge in [-0.2, -0.15) is 0 Å². The second-order valence-electron chi connectivity index (χ2n) is 3.87. The van der Waals surface area contributed by atoms with E-state index in [-0.39, 0.29) is 5.82 Å². The molecule has 1 unspecified atom stereocenters. The van der Waals surface area contributed by atoms with E-state index in [1.807, 2.05) is 30.3 Å². The Morgan fingerprint density at radius 3 is 2.53 bits per heavy atom. The molecule has 0 spiro atoms. The van der Waals surface area contributed by atoms with E-state index in [9.17, 15) is 9.50 Å². The van der Waals surface area contributed by atoms with E-state index < -0.39 is 6.10 Å². The van der Waals surface area contributed by atoms with Crippen LogP contribution in [0.15, 0.2) is 53.0 Å². The van der Waals surface area contributed by atoms with Crippen molar-refractivity contribution < 1.29 is 9.50 Å². The van der Waals surface area contributed by atoms with E-state index in [2.05, 4.69) is 15.9 Å². The third-order valence-electron chi connectivity index (χ3n) is 2.61. The van der Waals surface area contributed by atoms with Crippen molar-refractivity contribution >= 4 is 15.9 Å². The van der Waals surface area contributed by atoms with Crippen molar-refractivity contribution in [3.63, 3.8) is 0 Å². The number of rotatable bonds is 3. The van der Waals surface area contributed by atoms with E-state index in [1.165, 1.54) is 12.1 Å². The number of benzene rings is 2. The summed E-state index contributed by atoms with van der Waals surface area (Å²) in [7, 11) is 0. The average Bonchev–Trinajstić information content (AvgIpc) is 2.35. The Bertz CT molecular complexity index is 499. The van der Waals surface area contributed by atoms with E-state index in [0.717, 1.165) is 15.6 Å². The summed E-state index contributed by atoms with van der Waals surface area (Å²) in [6.45, 7) is 0. The second kappa shape index (κ2) is 5.43. The summed E-state index contributed by atoms with van der Waals surface area (Å²) in [4.78, 5) is 0. The van der Waals surface area contributed by atoms with Crippen LogP contribution in [0.3, 0.4) is 0 Å². The lowest BCUT2D eigenvalue weighted by Crippen LogP contribution is -2.02. The Kier molecular flexibility index (Phi) is 3.92. The highest BCUT2D eigenvalue weighted by atomic mass is 79.9. The predicted octanol–water partition coefficient (Wildman–Crippen LogP) is 3.86. The zero-order chi connectivity index (χ0) is 12.3. The minimum atomic E-state index is -0.616. The van der Waals surface area contributed by atoms with Gasteiger partial charge in [-0.1, -0.05) is 46.3 Å². The Hall–Kier alpha value is -1.19. The Labute approximate surface area is 108 Å². The average molecular weight is 295 g/mol. The van der Waals surface area contributed by atoms with Crippen molar-refractivity contribution in [2.75, 3.05) is 0 Å². The first-order valence-corrected chi connectivity index (χ1v) is 6.13. The third-order valence-corrected chi connectivity index (χ3v) is 3.38. The smallest absolute Gasteiger partial charge is 0.123 e. The summed E-state index contributed by atoms with van der Waals surface area (Å²) in [5.41, 5.74) is 1.60. The maximum absolute atomic E-state index is 13.1. The van der Waals surface area contributed by atoms with Crippen LogP contribution in [0.2, 0.25) is 0 Å². The second-order valence-corrected chi connectivity index (χ2v) is 4.72. The molecule has 88 valence electrons. The van der Waals surface area contributed by atoms with Gasteiger partial charge in [0.2, 0.25) is 0 Å². The van der Waals surface area contributed by atoms with Crippen LogP contribution in [0.4, 0.5) is 4.39 Å². The molecular weight excluding hydrogens is 283 g/mol. The molecule has 0 heterocycles. The van der Waals surface area contributed by atoms with Crippen molar-refractivity contribution in [2.45, 2.75) is 12.5 Å². The number of aliphatic hydroxyl groups is 1. The van der Waals surface area contributed by atoms with Gasteiger partial charge >= 0.3 is 0 Å². The minimum Gasteiger partial charge on any atom is -0.388 e. The van der Waals surface area contributed by atoms with Crippen molar-refractivity contribution in [1.82, 2.24) is 0 Å². The highest BCUT2D eigenvalue weighted by Crippen LogP contribution is 2.24. The van der Waals surface area contributed by atoms with Gasteiger partial charge in [-0.15, -0.1) is 0 Å². The van der Waals surface area contributed by atoms with Crippen LogP contribution in [0, 0.1) is 5.82 Å². The van der Waals surface area contributed by atoms with Gasteiger partial charge in [-0.3, -0.25) is 0 Å². The standard InChI is InChI=1S/C14H12BrFO/c15-13-7-6-12(16)8-11(13)9-14(17)10-4-2-1-3-5-10/h1-8,14,17H,9H2. The number of hydrogen-bond acceptors (Lipinski definition) is 1. The summed E-state index contributed by atoms with van der Waals surface area (Å²) in [5.74, 6) is -0.288.